The fourth-order valence-electron chi connectivity index (χ4n) is 2.56. The molecule has 0 aliphatic carbocycles. The average Bonchev–Trinajstić information content (AvgIpc) is 2.58. The number of hydrogen-bond donors (Lipinski definition) is 0. The molecule has 28 heavy (non-hydrogen) atoms. The van der Waals surface area contributed by atoms with Gasteiger partial charge in [0.1, 0.15) is 0 Å². The predicted octanol–water partition coefficient (Wildman–Crippen LogP) is -0.683. The Morgan fingerprint density at radius 3 is 1.04 bits per heavy atom. The molecule has 0 spiro atoms. The molecular weight excluding hydrogens is 497 g/mol. The van der Waals surface area contributed by atoms with Gasteiger partial charge in [-0.15, -0.1) is 26.3 Å². The zero-order chi connectivity index (χ0) is 21.3. The van der Waals surface area contributed by atoms with Crippen LogP contribution in [-0.2, 0) is 32.9 Å². The van der Waals surface area contributed by atoms with Crippen molar-refractivity contribution in [3.8, 4) is 0 Å². The van der Waals surface area contributed by atoms with Gasteiger partial charge in [0.05, 0.1) is 0 Å². The fourth-order valence-corrected chi connectivity index (χ4v) is 27.8. The molecule has 0 radical (unpaired) electrons. The third kappa shape index (κ3) is 8.62. The summed E-state index contributed by atoms with van der Waals surface area (Å²) in [4.78, 5) is 0. The Bertz CT molecular complexity index is 482. The van der Waals surface area contributed by atoms with E-state index in [-0.39, 0.29) is 0 Å². The minimum Gasteiger partial charge on any atom is -0.425 e. The summed E-state index contributed by atoms with van der Waals surface area (Å²) < 4.78 is 45.4. The van der Waals surface area contributed by atoms with Crippen molar-refractivity contribution in [1.29, 1.82) is 0 Å². The Balaban J connectivity index is 0.000000406. The van der Waals surface area contributed by atoms with E-state index < -0.39 is 74.3 Å². The minimum atomic E-state index is -2.81. The zero-order valence-electron chi connectivity index (χ0n) is 17.2. The molecule has 2 aliphatic rings. The molecule has 2 aliphatic heterocycles. The first-order valence-corrected chi connectivity index (χ1v) is 22.9. The van der Waals surface area contributed by atoms with Gasteiger partial charge >= 0.3 is 34.2 Å². The Kier molecular flexibility index (Phi) is 11.0. The summed E-state index contributed by atoms with van der Waals surface area (Å²) in [5.41, 5.74) is 6.82. The van der Waals surface area contributed by atoms with E-state index in [1.807, 2.05) is 26.2 Å². The molecule has 0 aromatic carbocycles. The van der Waals surface area contributed by atoms with Crippen LogP contribution in [0.4, 0.5) is 0 Å². The van der Waals surface area contributed by atoms with Crippen molar-refractivity contribution in [3.63, 3.8) is 0 Å². The maximum Gasteiger partial charge on any atom is 0.373 e. The molecule has 16 heteroatoms. The van der Waals surface area contributed by atoms with Gasteiger partial charge in [0, 0.05) is 0 Å². The van der Waals surface area contributed by atoms with E-state index in [4.69, 9.17) is 32.9 Å². The van der Waals surface area contributed by atoms with E-state index in [1.54, 1.807) is 22.8 Å². The van der Waals surface area contributed by atoms with Crippen molar-refractivity contribution in [1.82, 2.24) is 0 Å². The molecule has 0 amide bonds. The van der Waals surface area contributed by atoms with Gasteiger partial charge in [0.25, 0.3) is 40.0 Å². The van der Waals surface area contributed by atoms with Crippen LogP contribution < -0.4 is 0 Å². The molecule has 0 saturated carbocycles. The smallest absolute Gasteiger partial charge is 0.373 e. The summed E-state index contributed by atoms with van der Waals surface area (Å²) in [6.07, 6.45) is 0. The molecule has 2 rings (SSSR count). The van der Waals surface area contributed by atoms with E-state index in [9.17, 15) is 0 Å². The van der Waals surface area contributed by atoms with E-state index in [1.165, 1.54) is 0 Å². The molecule has 160 valence electrons. The molecule has 0 aromatic rings. The predicted molar refractivity (Wildman–Crippen MR) is 130 cm³/mol. The van der Waals surface area contributed by atoms with Gasteiger partial charge in [-0.2, -0.15) is 0 Å². The first-order valence-electron chi connectivity index (χ1n) is 8.73. The molecule has 2 fully saturated rings. The van der Waals surface area contributed by atoms with Gasteiger partial charge in [-0.25, -0.2) is 0 Å². The molecule has 0 atom stereocenters. The Morgan fingerprint density at radius 1 is 0.500 bits per heavy atom. The van der Waals surface area contributed by atoms with Crippen molar-refractivity contribution in [2.24, 2.45) is 0 Å². The third-order valence-electron chi connectivity index (χ3n) is 3.43. The van der Waals surface area contributed by atoms with Crippen LogP contribution in [0.3, 0.4) is 0 Å². The largest absolute Gasteiger partial charge is 0.425 e. The van der Waals surface area contributed by atoms with Gasteiger partial charge in [-0.1, -0.05) is 0 Å². The van der Waals surface area contributed by atoms with Gasteiger partial charge in [0.15, 0.2) is 0 Å². The van der Waals surface area contributed by atoms with Crippen LogP contribution in [0.15, 0.2) is 49.1 Å². The van der Waals surface area contributed by atoms with Gasteiger partial charge in [0.2, 0.25) is 0 Å². The fraction of sp³-hybridized carbons (Fsp3) is 0.333. The van der Waals surface area contributed by atoms with Crippen LogP contribution in [-0.4, -0.2) is 74.3 Å². The average molecular weight is 529 g/mol. The second-order valence-electron chi connectivity index (χ2n) is 6.76. The molecule has 0 bridgehead atoms. The van der Waals surface area contributed by atoms with Crippen molar-refractivity contribution in [2.75, 3.05) is 0 Å². The SMILES string of the molecule is C=C[Si]1(C=C)O[Si](C)(C)O[Si](C)(C)O[Si](C=C)(C=C)O1.O1[SiH2]O[SiH2]O[SiH2]O[SiH2]1. The first-order chi connectivity index (χ1) is 13.1. The van der Waals surface area contributed by atoms with Gasteiger partial charge in [-0.3, -0.25) is 0 Å². The number of rotatable bonds is 4. The van der Waals surface area contributed by atoms with Crippen LogP contribution in [0.1, 0.15) is 0 Å². The standard InChI is InChI=1S/C12H24O4Si4.H8O4Si4/c1-9-19(10-2)14-17(5,6)13-18(7,8)15-20(11-3,12-4)16-19;1-5-2-7-4-8-3-6-1/h9-12H,1-4H2,5-8H3;5-8H2. The molecule has 0 unspecified atom stereocenters. The summed E-state index contributed by atoms with van der Waals surface area (Å²) in [5, 5.41) is 0. The van der Waals surface area contributed by atoms with Crippen LogP contribution >= 0.6 is 0 Å². The van der Waals surface area contributed by atoms with Crippen molar-refractivity contribution < 1.29 is 32.9 Å². The maximum absolute atomic E-state index is 6.29. The minimum absolute atomic E-state index is 0.653. The highest BCUT2D eigenvalue weighted by Gasteiger charge is 2.54. The van der Waals surface area contributed by atoms with Crippen LogP contribution in [0.2, 0.25) is 26.2 Å². The van der Waals surface area contributed by atoms with Crippen molar-refractivity contribution >= 4 is 74.3 Å². The summed E-state index contributed by atoms with van der Waals surface area (Å²) in [6.45, 7) is 23.4. The Morgan fingerprint density at radius 2 is 0.786 bits per heavy atom. The van der Waals surface area contributed by atoms with Gasteiger partial charge < -0.3 is 32.9 Å². The summed E-state index contributed by atoms with van der Waals surface area (Å²) in [5.74, 6) is 0. The molecule has 0 N–H and O–H groups in total. The Labute approximate surface area is 182 Å². The molecule has 0 aromatic heterocycles. The second kappa shape index (κ2) is 11.7. The van der Waals surface area contributed by atoms with Gasteiger partial charge in [-0.05, 0) is 49.0 Å². The lowest BCUT2D eigenvalue weighted by atomic mass is 11.2. The maximum atomic E-state index is 6.29. The van der Waals surface area contributed by atoms with Crippen LogP contribution in [0.25, 0.3) is 0 Å². The highest BCUT2D eigenvalue weighted by Crippen LogP contribution is 2.32. The molecular formula is C12H32O8Si8. The second-order valence-corrected chi connectivity index (χ2v) is 27.6. The first kappa shape index (κ1) is 26.4. The normalized spacial score (nSPS) is 29.3. The summed E-state index contributed by atoms with van der Waals surface area (Å²) in [6, 6.07) is 0. The Hall–Kier alpha value is 0.375. The monoisotopic (exact) mass is 528 g/mol. The summed E-state index contributed by atoms with van der Waals surface area (Å²) in [7, 11) is -13.0. The van der Waals surface area contributed by atoms with E-state index in [2.05, 4.69) is 26.3 Å². The van der Waals surface area contributed by atoms with E-state index in [0.29, 0.717) is 0 Å². The molecule has 2 heterocycles. The number of hydrogen-bond acceptors (Lipinski definition) is 8. The van der Waals surface area contributed by atoms with E-state index >= 15 is 0 Å². The lowest BCUT2D eigenvalue weighted by molar-refractivity contribution is 0.250. The lowest BCUT2D eigenvalue weighted by Gasteiger charge is -2.46. The summed E-state index contributed by atoms with van der Waals surface area (Å²) >= 11 is 0. The van der Waals surface area contributed by atoms with E-state index in [0.717, 1.165) is 0 Å². The highest BCUT2D eigenvalue weighted by molar-refractivity contribution is 6.99. The van der Waals surface area contributed by atoms with Crippen LogP contribution in [0, 0.1) is 0 Å². The quantitative estimate of drug-likeness (QED) is 0.444. The van der Waals surface area contributed by atoms with Crippen molar-refractivity contribution in [2.45, 2.75) is 26.2 Å². The lowest BCUT2D eigenvalue weighted by Crippen LogP contribution is -2.65. The topological polar surface area (TPSA) is 73.8 Å². The third-order valence-corrected chi connectivity index (χ3v) is 24.0. The molecule has 2 saturated heterocycles. The highest BCUT2D eigenvalue weighted by atomic mass is 28.5. The molecule has 8 nitrogen and oxygen atoms in total. The zero-order valence-corrected chi connectivity index (χ0v) is 26.9. The van der Waals surface area contributed by atoms with Crippen molar-refractivity contribution in [3.05, 3.63) is 49.1 Å². The van der Waals surface area contributed by atoms with Crippen LogP contribution in [0.5, 0.6) is 0 Å².